The van der Waals surface area contributed by atoms with Gasteiger partial charge in [-0.1, -0.05) is 0 Å². The number of aryl methyl sites for hydroxylation is 1. The van der Waals surface area contributed by atoms with Crippen LogP contribution in [-0.4, -0.2) is 23.0 Å². The van der Waals surface area contributed by atoms with Crippen LogP contribution in [0.1, 0.15) is 12.2 Å². The molecule has 70 valence electrons. The van der Waals surface area contributed by atoms with Crippen LogP contribution in [0.3, 0.4) is 0 Å². The molecule has 0 spiro atoms. The summed E-state index contributed by atoms with van der Waals surface area (Å²) in [6.07, 6.45) is 2.29. The van der Waals surface area contributed by atoms with Gasteiger partial charge in [-0.15, -0.1) is 0 Å². The quantitative estimate of drug-likeness (QED) is 0.703. The summed E-state index contributed by atoms with van der Waals surface area (Å²) < 4.78 is 4.89. The predicted molar refractivity (Wildman–Crippen MR) is 46.1 cm³/mol. The normalized spacial score (nSPS) is 9.62. The van der Waals surface area contributed by atoms with Crippen LogP contribution in [0.15, 0.2) is 12.3 Å². The van der Waals surface area contributed by atoms with E-state index in [1.54, 1.807) is 12.3 Å². The molecule has 0 aliphatic carbocycles. The van der Waals surface area contributed by atoms with Crippen LogP contribution in [0.25, 0.3) is 0 Å². The molecule has 1 amide bonds. The van der Waals surface area contributed by atoms with Crippen molar-refractivity contribution >= 4 is 5.91 Å². The second-order valence-electron chi connectivity index (χ2n) is 2.48. The largest absolute Gasteiger partial charge is 0.481 e. The first kappa shape index (κ1) is 9.44. The van der Waals surface area contributed by atoms with Crippen molar-refractivity contribution in [2.45, 2.75) is 12.8 Å². The van der Waals surface area contributed by atoms with E-state index in [0.717, 1.165) is 0 Å². The first-order chi connectivity index (χ1) is 6.22. The summed E-state index contributed by atoms with van der Waals surface area (Å²) in [4.78, 5) is 18.4. The summed E-state index contributed by atoms with van der Waals surface area (Å²) in [5.74, 6) is 0.707. The molecule has 2 N–H and O–H groups in total. The van der Waals surface area contributed by atoms with Crippen molar-refractivity contribution in [3.05, 3.63) is 18.1 Å². The maximum Gasteiger partial charge on any atom is 0.217 e. The van der Waals surface area contributed by atoms with E-state index >= 15 is 0 Å². The molecule has 0 aromatic carbocycles. The van der Waals surface area contributed by atoms with Crippen LogP contribution in [-0.2, 0) is 11.2 Å². The van der Waals surface area contributed by atoms with Gasteiger partial charge in [0.25, 0.3) is 0 Å². The molecular formula is C8H11N3O2. The number of hydrogen-bond acceptors (Lipinski definition) is 4. The number of carbonyl (C=O) groups excluding carboxylic acids is 1. The fourth-order valence-corrected chi connectivity index (χ4v) is 0.850. The Labute approximate surface area is 75.9 Å². The number of nitrogens with two attached hydrogens (primary N) is 1. The van der Waals surface area contributed by atoms with Crippen LogP contribution in [0.2, 0.25) is 0 Å². The molecule has 0 fully saturated rings. The molecule has 0 saturated heterocycles. The summed E-state index contributed by atoms with van der Waals surface area (Å²) in [5.41, 5.74) is 4.99. The Balaban J connectivity index is 2.61. The van der Waals surface area contributed by atoms with Crippen LogP contribution in [0.4, 0.5) is 0 Å². The zero-order chi connectivity index (χ0) is 9.68. The Morgan fingerprint density at radius 1 is 1.69 bits per heavy atom. The number of ether oxygens (including phenoxy) is 1. The van der Waals surface area contributed by atoms with Gasteiger partial charge in [-0.25, -0.2) is 4.98 Å². The summed E-state index contributed by atoms with van der Waals surface area (Å²) in [5, 5.41) is 0. The minimum Gasteiger partial charge on any atom is -0.481 e. The predicted octanol–water partition coefficient (Wildman–Crippen LogP) is -0.0969. The molecule has 5 nitrogen and oxygen atoms in total. The molecule has 1 heterocycles. The van der Waals surface area contributed by atoms with Crippen molar-refractivity contribution in [1.29, 1.82) is 0 Å². The van der Waals surface area contributed by atoms with Gasteiger partial charge in [0.1, 0.15) is 5.82 Å². The lowest BCUT2D eigenvalue weighted by atomic mass is 10.3. The van der Waals surface area contributed by atoms with E-state index in [1.165, 1.54) is 7.11 Å². The van der Waals surface area contributed by atoms with E-state index < -0.39 is 0 Å². The lowest BCUT2D eigenvalue weighted by Crippen LogP contribution is -2.12. The Morgan fingerprint density at radius 3 is 3.08 bits per heavy atom. The molecule has 13 heavy (non-hydrogen) atoms. The van der Waals surface area contributed by atoms with Crippen LogP contribution in [0, 0.1) is 0 Å². The number of primary amides is 1. The monoisotopic (exact) mass is 181 g/mol. The molecular weight excluding hydrogens is 170 g/mol. The average Bonchev–Trinajstić information content (AvgIpc) is 2.15. The standard InChI is InChI=1S/C8H11N3O2/c1-13-8-4-5-10-7(11-8)3-2-6(9)12/h4-5H,2-3H2,1H3,(H2,9,12). The summed E-state index contributed by atoms with van der Waals surface area (Å²) in [6, 6.07) is 1.65. The Kier molecular flexibility index (Phi) is 3.19. The number of nitrogens with zero attached hydrogens (tertiary/aromatic N) is 2. The fraction of sp³-hybridized carbons (Fsp3) is 0.375. The maximum atomic E-state index is 10.5. The number of amides is 1. The van der Waals surface area contributed by atoms with E-state index in [-0.39, 0.29) is 12.3 Å². The van der Waals surface area contributed by atoms with Crippen molar-refractivity contribution in [2.24, 2.45) is 5.73 Å². The molecule has 0 aliphatic rings. The third-order valence-corrected chi connectivity index (χ3v) is 1.48. The third kappa shape index (κ3) is 3.06. The maximum absolute atomic E-state index is 10.5. The topological polar surface area (TPSA) is 78.1 Å². The number of hydrogen-bond donors (Lipinski definition) is 1. The molecule has 1 aromatic rings. The van der Waals surface area contributed by atoms with Gasteiger partial charge in [-0.05, 0) is 0 Å². The SMILES string of the molecule is COc1ccnc(CCC(N)=O)n1. The van der Waals surface area contributed by atoms with Gasteiger partial charge in [0.2, 0.25) is 11.8 Å². The molecule has 0 unspecified atom stereocenters. The van der Waals surface area contributed by atoms with Crippen LogP contribution >= 0.6 is 0 Å². The van der Waals surface area contributed by atoms with E-state index in [2.05, 4.69) is 9.97 Å². The van der Waals surface area contributed by atoms with Crippen molar-refractivity contribution in [1.82, 2.24) is 9.97 Å². The highest BCUT2D eigenvalue weighted by molar-refractivity contribution is 5.73. The molecule has 0 atom stereocenters. The number of methoxy groups -OCH3 is 1. The molecule has 5 heteroatoms. The van der Waals surface area contributed by atoms with E-state index in [4.69, 9.17) is 10.5 Å². The van der Waals surface area contributed by atoms with Gasteiger partial charge in [-0.3, -0.25) is 4.79 Å². The third-order valence-electron chi connectivity index (χ3n) is 1.48. The van der Waals surface area contributed by atoms with Crippen molar-refractivity contribution in [2.75, 3.05) is 7.11 Å². The first-order valence-electron chi connectivity index (χ1n) is 3.86. The fourth-order valence-electron chi connectivity index (χ4n) is 0.850. The van der Waals surface area contributed by atoms with E-state index in [9.17, 15) is 4.79 Å². The van der Waals surface area contributed by atoms with Gasteiger partial charge in [0, 0.05) is 25.1 Å². The summed E-state index contributed by atoms with van der Waals surface area (Å²) in [6.45, 7) is 0. The molecule has 0 saturated carbocycles. The van der Waals surface area contributed by atoms with Gasteiger partial charge in [0.15, 0.2) is 0 Å². The van der Waals surface area contributed by atoms with Gasteiger partial charge >= 0.3 is 0 Å². The second kappa shape index (κ2) is 4.39. The second-order valence-corrected chi connectivity index (χ2v) is 2.48. The smallest absolute Gasteiger partial charge is 0.217 e. The minimum absolute atomic E-state index is 0.257. The van der Waals surface area contributed by atoms with Crippen LogP contribution < -0.4 is 10.5 Å². The highest BCUT2D eigenvalue weighted by Gasteiger charge is 2.01. The number of carbonyl (C=O) groups is 1. The molecule has 1 rings (SSSR count). The average molecular weight is 181 g/mol. The lowest BCUT2D eigenvalue weighted by Gasteiger charge is -2.00. The number of aromatic nitrogens is 2. The van der Waals surface area contributed by atoms with Crippen molar-refractivity contribution < 1.29 is 9.53 Å². The Bertz CT molecular complexity index is 301. The highest BCUT2D eigenvalue weighted by Crippen LogP contribution is 2.04. The molecule has 0 bridgehead atoms. The zero-order valence-corrected chi connectivity index (χ0v) is 7.36. The van der Waals surface area contributed by atoms with Crippen molar-refractivity contribution in [3.63, 3.8) is 0 Å². The Hall–Kier alpha value is -1.65. The van der Waals surface area contributed by atoms with Crippen LogP contribution in [0.5, 0.6) is 5.88 Å². The van der Waals surface area contributed by atoms with Gasteiger partial charge in [0.05, 0.1) is 7.11 Å². The van der Waals surface area contributed by atoms with E-state index in [0.29, 0.717) is 18.1 Å². The Morgan fingerprint density at radius 2 is 2.46 bits per heavy atom. The minimum atomic E-state index is -0.355. The first-order valence-corrected chi connectivity index (χ1v) is 3.86. The summed E-state index contributed by atoms with van der Waals surface area (Å²) >= 11 is 0. The number of rotatable bonds is 4. The lowest BCUT2D eigenvalue weighted by molar-refractivity contribution is -0.118. The van der Waals surface area contributed by atoms with Crippen molar-refractivity contribution in [3.8, 4) is 5.88 Å². The molecule has 0 radical (unpaired) electrons. The zero-order valence-electron chi connectivity index (χ0n) is 7.36. The van der Waals surface area contributed by atoms with Gasteiger partial charge < -0.3 is 10.5 Å². The van der Waals surface area contributed by atoms with E-state index in [1.807, 2.05) is 0 Å². The molecule has 0 aliphatic heterocycles. The molecule has 1 aromatic heterocycles. The highest BCUT2D eigenvalue weighted by atomic mass is 16.5. The summed E-state index contributed by atoms with van der Waals surface area (Å²) in [7, 11) is 1.53. The van der Waals surface area contributed by atoms with Gasteiger partial charge in [-0.2, -0.15) is 4.98 Å².